The molecular weight excluding hydrogens is 414 g/mol. The fraction of sp³-hybridized carbons (Fsp3) is 0.364. The van der Waals surface area contributed by atoms with E-state index in [0.29, 0.717) is 11.6 Å². The van der Waals surface area contributed by atoms with Crippen molar-refractivity contribution in [2.24, 2.45) is 11.8 Å². The molecule has 3 aromatic rings. The van der Waals surface area contributed by atoms with E-state index >= 15 is 0 Å². The molecule has 0 radical (unpaired) electrons. The van der Waals surface area contributed by atoms with Crippen molar-refractivity contribution in [3.05, 3.63) is 62.2 Å². The minimum atomic E-state index is -0.685. The number of aromatic nitrogens is 3. The molecule has 0 aliphatic rings. The second kappa shape index (κ2) is 9.30. The maximum Gasteiger partial charge on any atom is 0.330 e. The zero-order chi connectivity index (χ0) is 22.7. The number of hydrogen-bond donors (Lipinski definition) is 2. The van der Waals surface area contributed by atoms with Crippen molar-refractivity contribution in [3.8, 4) is 10.6 Å². The van der Waals surface area contributed by atoms with Crippen LogP contribution in [0.1, 0.15) is 38.2 Å². The Morgan fingerprint density at radius 1 is 1.16 bits per heavy atom. The number of hydrogen-bond acceptors (Lipinski definition) is 6. The third-order valence-corrected chi connectivity index (χ3v) is 5.46. The molecule has 2 aromatic heterocycles. The molecule has 9 heteroatoms. The first kappa shape index (κ1) is 22.5. The van der Waals surface area contributed by atoms with Gasteiger partial charge in [-0.05, 0) is 11.8 Å². The Morgan fingerprint density at radius 2 is 1.84 bits per heavy atom. The third-order valence-electron chi connectivity index (χ3n) is 4.57. The number of anilines is 2. The number of carbonyl (C=O) groups is 1. The summed E-state index contributed by atoms with van der Waals surface area (Å²) >= 11 is 1.35. The fourth-order valence-corrected chi connectivity index (χ4v) is 4.05. The maximum atomic E-state index is 13.4. The first-order valence-electron chi connectivity index (χ1n) is 10.1. The number of nitrogen functional groups attached to an aromatic ring is 1. The molecule has 8 nitrogen and oxygen atoms in total. The summed E-state index contributed by atoms with van der Waals surface area (Å²) in [6.45, 7) is 8.33. The van der Waals surface area contributed by atoms with Gasteiger partial charge in [0.15, 0.2) is 5.69 Å². The van der Waals surface area contributed by atoms with Gasteiger partial charge in [-0.3, -0.25) is 24.0 Å². The first-order valence-corrected chi connectivity index (χ1v) is 11.0. The van der Waals surface area contributed by atoms with Crippen LogP contribution >= 0.6 is 11.3 Å². The predicted octanol–water partition coefficient (Wildman–Crippen LogP) is 3.20. The minimum Gasteiger partial charge on any atom is -0.383 e. The van der Waals surface area contributed by atoms with Crippen molar-refractivity contribution in [1.29, 1.82) is 0 Å². The SMILES string of the molecule is CC(C)CN(C(=O)c1csc(-c2ccccc2)n1)c1c(N)n(CC(C)C)c(=O)[nH]c1=O. The number of nitrogens with one attached hydrogen (secondary N) is 1. The van der Waals surface area contributed by atoms with Crippen molar-refractivity contribution in [1.82, 2.24) is 14.5 Å². The van der Waals surface area contributed by atoms with E-state index in [2.05, 4.69) is 9.97 Å². The van der Waals surface area contributed by atoms with Crippen LogP contribution in [0.4, 0.5) is 11.5 Å². The molecule has 1 aromatic carbocycles. The van der Waals surface area contributed by atoms with E-state index in [4.69, 9.17) is 5.73 Å². The van der Waals surface area contributed by atoms with Gasteiger partial charge >= 0.3 is 5.69 Å². The fourth-order valence-electron chi connectivity index (χ4n) is 3.25. The molecule has 0 saturated carbocycles. The quantitative estimate of drug-likeness (QED) is 0.584. The molecule has 3 N–H and O–H groups in total. The number of aromatic amines is 1. The molecule has 0 unspecified atom stereocenters. The van der Waals surface area contributed by atoms with Crippen molar-refractivity contribution in [2.75, 3.05) is 17.2 Å². The van der Waals surface area contributed by atoms with E-state index in [0.717, 1.165) is 5.56 Å². The van der Waals surface area contributed by atoms with E-state index in [1.807, 2.05) is 58.0 Å². The van der Waals surface area contributed by atoms with Crippen LogP contribution in [-0.4, -0.2) is 27.0 Å². The highest BCUT2D eigenvalue weighted by molar-refractivity contribution is 7.13. The summed E-state index contributed by atoms with van der Waals surface area (Å²) in [6, 6.07) is 9.56. The number of benzene rings is 1. The topological polar surface area (TPSA) is 114 Å². The van der Waals surface area contributed by atoms with Gasteiger partial charge in [0.2, 0.25) is 0 Å². The average Bonchev–Trinajstić information content (AvgIpc) is 3.20. The van der Waals surface area contributed by atoms with E-state index in [1.165, 1.54) is 20.8 Å². The minimum absolute atomic E-state index is 0.0186. The molecule has 0 aliphatic carbocycles. The number of H-pyrrole nitrogens is 1. The van der Waals surface area contributed by atoms with Crippen LogP contribution in [0, 0.1) is 11.8 Å². The number of nitrogens with zero attached hydrogens (tertiary/aromatic N) is 3. The van der Waals surface area contributed by atoms with Crippen LogP contribution in [0.5, 0.6) is 0 Å². The Labute approximate surface area is 184 Å². The average molecular weight is 442 g/mol. The smallest absolute Gasteiger partial charge is 0.330 e. The molecule has 1 amide bonds. The van der Waals surface area contributed by atoms with Crippen LogP contribution in [0.25, 0.3) is 10.6 Å². The van der Waals surface area contributed by atoms with E-state index in [9.17, 15) is 14.4 Å². The van der Waals surface area contributed by atoms with E-state index in [-0.39, 0.29) is 35.6 Å². The van der Waals surface area contributed by atoms with Gasteiger partial charge < -0.3 is 5.73 Å². The highest BCUT2D eigenvalue weighted by Gasteiger charge is 2.27. The molecular formula is C22H27N5O3S. The summed E-state index contributed by atoms with van der Waals surface area (Å²) in [5.41, 5.74) is 6.10. The van der Waals surface area contributed by atoms with Gasteiger partial charge in [0.1, 0.15) is 16.5 Å². The Kier molecular flexibility index (Phi) is 6.74. The Balaban J connectivity index is 2.08. The van der Waals surface area contributed by atoms with Crippen molar-refractivity contribution < 1.29 is 4.79 Å². The molecule has 0 saturated heterocycles. The van der Waals surface area contributed by atoms with Gasteiger partial charge in [-0.15, -0.1) is 11.3 Å². The second-order valence-corrected chi connectivity index (χ2v) is 9.07. The zero-order valence-electron chi connectivity index (χ0n) is 18.1. The van der Waals surface area contributed by atoms with Crippen LogP contribution in [0.3, 0.4) is 0 Å². The lowest BCUT2D eigenvalue weighted by Gasteiger charge is -2.25. The number of carbonyl (C=O) groups excluding carboxylic acids is 1. The Bertz CT molecular complexity index is 1180. The molecule has 164 valence electrons. The van der Waals surface area contributed by atoms with Crippen LogP contribution in [0.2, 0.25) is 0 Å². The molecule has 31 heavy (non-hydrogen) atoms. The van der Waals surface area contributed by atoms with Crippen molar-refractivity contribution in [2.45, 2.75) is 34.2 Å². The van der Waals surface area contributed by atoms with Crippen LogP contribution < -0.4 is 21.9 Å². The lowest BCUT2D eigenvalue weighted by Crippen LogP contribution is -2.43. The molecule has 2 heterocycles. The highest BCUT2D eigenvalue weighted by atomic mass is 32.1. The molecule has 0 aliphatic heterocycles. The van der Waals surface area contributed by atoms with Crippen LogP contribution in [0.15, 0.2) is 45.3 Å². The number of amides is 1. The van der Waals surface area contributed by atoms with Gasteiger partial charge in [-0.25, -0.2) is 9.78 Å². The van der Waals surface area contributed by atoms with Crippen molar-refractivity contribution >= 4 is 28.7 Å². The normalized spacial score (nSPS) is 11.3. The summed E-state index contributed by atoms with van der Waals surface area (Å²) in [5.74, 6) is -0.269. The summed E-state index contributed by atoms with van der Waals surface area (Å²) in [4.78, 5) is 46.6. The molecule has 0 bridgehead atoms. The van der Waals surface area contributed by atoms with Gasteiger partial charge in [0.05, 0.1) is 0 Å². The first-order chi connectivity index (χ1) is 14.7. The largest absolute Gasteiger partial charge is 0.383 e. The zero-order valence-corrected chi connectivity index (χ0v) is 18.9. The Hall–Kier alpha value is -3.20. The standard InChI is InChI=1S/C22H27N5O3S/c1-13(2)10-26(17-18(23)27(11-14(3)4)22(30)25-19(17)28)21(29)16-12-31-20(24-16)15-8-6-5-7-9-15/h5-9,12-14H,10-11,23H2,1-4H3,(H,25,28,30). The lowest BCUT2D eigenvalue weighted by atomic mass is 10.2. The Morgan fingerprint density at radius 3 is 2.45 bits per heavy atom. The van der Waals surface area contributed by atoms with Gasteiger partial charge in [0.25, 0.3) is 11.5 Å². The molecule has 0 fully saturated rings. The predicted molar refractivity (Wildman–Crippen MR) is 125 cm³/mol. The van der Waals surface area contributed by atoms with Crippen molar-refractivity contribution in [3.63, 3.8) is 0 Å². The van der Waals surface area contributed by atoms with Gasteiger partial charge in [-0.1, -0.05) is 58.0 Å². The van der Waals surface area contributed by atoms with Gasteiger partial charge in [-0.2, -0.15) is 0 Å². The third kappa shape index (κ3) is 4.93. The molecule has 0 atom stereocenters. The number of rotatable bonds is 7. The van der Waals surface area contributed by atoms with Crippen LogP contribution in [-0.2, 0) is 6.54 Å². The maximum absolute atomic E-state index is 13.4. The van der Waals surface area contributed by atoms with Gasteiger partial charge in [0, 0.05) is 24.0 Å². The lowest BCUT2D eigenvalue weighted by molar-refractivity contribution is 0.0979. The van der Waals surface area contributed by atoms with E-state index < -0.39 is 17.2 Å². The number of nitrogens with two attached hydrogens (primary N) is 1. The van der Waals surface area contributed by atoms with E-state index in [1.54, 1.807) is 5.38 Å². The monoisotopic (exact) mass is 441 g/mol. The summed E-state index contributed by atoms with van der Waals surface area (Å²) in [6.07, 6.45) is 0. The summed E-state index contributed by atoms with van der Waals surface area (Å²) in [5, 5.41) is 2.38. The molecule has 3 rings (SSSR count). The summed E-state index contributed by atoms with van der Waals surface area (Å²) < 4.78 is 1.30. The highest BCUT2D eigenvalue weighted by Crippen LogP contribution is 2.26. The molecule has 0 spiro atoms. The summed E-state index contributed by atoms with van der Waals surface area (Å²) in [7, 11) is 0. The second-order valence-electron chi connectivity index (χ2n) is 8.21. The number of thiazole rings is 1.